The lowest BCUT2D eigenvalue weighted by Crippen LogP contribution is -3.00. The van der Waals surface area contributed by atoms with Gasteiger partial charge in [0.15, 0.2) is 12.4 Å². The van der Waals surface area contributed by atoms with Crippen LogP contribution in [0, 0.1) is 10.1 Å². The molecule has 3 aromatic rings. The Kier molecular flexibility index (Phi) is 6.04. The van der Waals surface area contributed by atoms with Crippen molar-refractivity contribution < 1.29 is 31.3 Å². The minimum atomic E-state index is -0.362. The average molecular weight is 442 g/mol. The van der Waals surface area contributed by atoms with Gasteiger partial charge < -0.3 is 21.9 Å². The summed E-state index contributed by atoms with van der Waals surface area (Å²) in [4.78, 5) is 25.9. The fourth-order valence-corrected chi connectivity index (χ4v) is 3.68. The van der Waals surface area contributed by atoms with E-state index in [1.165, 1.54) is 0 Å². The number of pyridine rings is 1. The van der Waals surface area contributed by atoms with Crippen LogP contribution >= 0.6 is 0 Å². The second-order valence-electron chi connectivity index (χ2n) is 6.79. The fourth-order valence-electron chi connectivity index (χ4n) is 3.68. The van der Waals surface area contributed by atoms with Crippen LogP contribution in [0.4, 0.5) is 11.4 Å². The molecule has 1 fully saturated rings. The van der Waals surface area contributed by atoms with Crippen LogP contribution in [-0.2, 0) is 6.54 Å². The third kappa shape index (κ3) is 3.89. The molecule has 28 heavy (non-hydrogen) atoms. The van der Waals surface area contributed by atoms with Crippen molar-refractivity contribution in [2.45, 2.75) is 19.4 Å². The van der Waals surface area contributed by atoms with E-state index in [0.29, 0.717) is 10.9 Å². The first kappa shape index (κ1) is 19.9. The standard InChI is InChI=1S/C21H20N3O3.BrH/c25-21(16-6-2-1-3-7-16)15-22-13-10-17-18(14-22)20(24(26)27)9-8-19(17)23-11-4-5-12-23;/h1-3,6-10,13-14H,4-5,11-12,15H2;1H/q+1;/p-1. The molecule has 2 aromatic carbocycles. The smallest absolute Gasteiger partial charge is 0.283 e. The van der Waals surface area contributed by atoms with Crippen LogP contribution in [0.3, 0.4) is 0 Å². The van der Waals surface area contributed by atoms with Crippen molar-refractivity contribution in [2.75, 3.05) is 18.0 Å². The second-order valence-corrected chi connectivity index (χ2v) is 6.79. The summed E-state index contributed by atoms with van der Waals surface area (Å²) in [6.07, 6.45) is 5.81. The number of anilines is 1. The predicted molar refractivity (Wildman–Crippen MR) is 103 cm³/mol. The molecule has 0 aliphatic carbocycles. The summed E-state index contributed by atoms with van der Waals surface area (Å²) < 4.78 is 1.72. The minimum Gasteiger partial charge on any atom is -1.00 e. The summed E-state index contributed by atoms with van der Waals surface area (Å²) in [6.45, 7) is 2.08. The van der Waals surface area contributed by atoms with E-state index >= 15 is 0 Å². The topological polar surface area (TPSA) is 67.3 Å². The molecule has 144 valence electrons. The molecule has 4 rings (SSSR count). The lowest BCUT2D eigenvalue weighted by atomic mass is 10.1. The van der Waals surface area contributed by atoms with Gasteiger partial charge in [-0.3, -0.25) is 14.9 Å². The molecule has 1 aliphatic rings. The third-order valence-corrected chi connectivity index (χ3v) is 5.03. The molecule has 0 N–H and O–H groups in total. The molecule has 7 heteroatoms. The van der Waals surface area contributed by atoms with E-state index in [9.17, 15) is 14.9 Å². The number of ketones is 1. The number of non-ortho nitro benzene ring substituents is 1. The highest BCUT2D eigenvalue weighted by Gasteiger charge is 2.23. The molecule has 0 radical (unpaired) electrons. The Morgan fingerprint density at radius 3 is 2.43 bits per heavy atom. The Morgan fingerprint density at radius 1 is 1.04 bits per heavy atom. The summed E-state index contributed by atoms with van der Waals surface area (Å²) in [5.41, 5.74) is 1.72. The number of aromatic nitrogens is 1. The van der Waals surface area contributed by atoms with Crippen molar-refractivity contribution in [2.24, 2.45) is 0 Å². The van der Waals surface area contributed by atoms with Gasteiger partial charge in [0.1, 0.15) is 5.39 Å². The number of fused-ring (bicyclic) bond motifs is 1. The summed E-state index contributed by atoms with van der Waals surface area (Å²) in [6, 6.07) is 14.4. The van der Waals surface area contributed by atoms with Crippen LogP contribution in [0.2, 0.25) is 0 Å². The van der Waals surface area contributed by atoms with Crippen molar-refractivity contribution >= 4 is 27.9 Å². The number of benzene rings is 2. The Balaban J connectivity index is 0.00000225. The maximum absolute atomic E-state index is 12.5. The number of nitro groups is 1. The van der Waals surface area contributed by atoms with Gasteiger partial charge in [-0.1, -0.05) is 30.3 Å². The molecule has 1 aromatic heterocycles. The minimum absolute atomic E-state index is 0. The first-order valence-corrected chi connectivity index (χ1v) is 9.07. The predicted octanol–water partition coefficient (Wildman–Crippen LogP) is 0.523. The van der Waals surface area contributed by atoms with Gasteiger partial charge in [0, 0.05) is 41.9 Å². The van der Waals surface area contributed by atoms with Gasteiger partial charge in [-0.2, -0.15) is 4.57 Å². The number of carbonyl (C=O) groups excluding carboxylic acids is 1. The summed E-state index contributed by atoms with van der Waals surface area (Å²) in [5, 5.41) is 12.9. The van der Waals surface area contributed by atoms with E-state index in [0.717, 1.165) is 37.0 Å². The first-order chi connectivity index (χ1) is 13.1. The van der Waals surface area contributed by atoms with Crippen LogP contribution in [0.5, 0.6) is 0 Å². The lowest BCUT2D eigenvalue weighted by molar-refractivity contribution is -0.681. The first-order valence-electron chi connectivity index (χ1n) is 9.07. The van der Waals surface area contributed by atoms with Crippen LogP contribution in [0.1, 0.15) is 23.2 Å². The SMILES string of the molecule is O=C(C[n+]1ccc2c(N3CCCC3)ccc([N+](=O)[O-])c2c1)c1ccccc1.[Br-]. The Hall–Kier alpha value is -2.80. The Bertz CT molecular complexity index is 1020. The quantitative estimate of drug-likeness (QED) is 0.250. The molecular formula is C21H20BrN3O3. The number of carbonyl (C=O) groups is 1. The van der Waals surface area contributed by atoms with Crippen LogP contribution < -0.4 is 26.4 Å². The second kappa shape index (κ2) is 8.48. The van der Waals surface area contributed by atoms with E-state index in [2.05, 4.69) is 4.90 Å². The number of halogens is 1. The highest BCUT2D eigenvalue weighted by molar-refractivity contribution is 5.99. The normalized spacial score (nSPS) is 13.4. The highest BCUT2D eigenvalue weighted by atomic mass is 79.9. The number of nitrogens with zero attached hydrogens (tertiary/aromatic N) is 3. The Morgan fingerprint density at radius 2 is 1.75 bits per heavy atom. The summed E-state index contributed by atoms with van der Waals surface area (Å²) >= 11 is 0. The zero-order valence-corrected chi connectivity index (χ0v) is 16.8. The van der Waals surface area contributed by atoms with Gasteiger partial charge in [-0.15, -0.1) is 0 Å². The molecule has 0 spiro atoms. The van der Waals surface area contributed by atoms with Gasteiger partial charge in [0.05, 0.1) is 4.92 Å². The van der Waals surface area contributed by atoms with E-state index in [1.807, 2.05) is 36.5 Å². The molecule has 2 heterocycles. The molecular weight excluding hydrogens is 422 g/mol. The van der Waals surface area contributed by atoms with Crippen molar-refractivity contribution in [3.63, 3.8) is 0 Å². The number of rotatable bonds is 5. The van der Waals surface area contributed by atoms with E-state index in [-0.39, 0.29) is 39.9 Å². The molecule has 0 bridgehead atoms. The zero-order valence-electron chi connectivity index (χ0n) is 15.3. The van der Waals surface area contributed by atoms with Crippen LogP contribution in [0.25, 0.3) is 10.8 Å². The lowest BCUT2D eigenvalue weighted by Gasteiger charge is -2.19. The number of hydrogen-bond donors (Lipinski definition) is 0. The van der Waals surface area contributed by atoms with E-state index in [4.69, 9.17) is 0 Å². The van der Waals surface area contributed by atoms with Gasteiger partial charge in [0.2, 0.25) is 12.3 Å². The molecule has 0 atom stereocenters. The summed E-state index contributed by atoms with van der Waals surface area (Å²) in [5.74, 6) is -0.0294. The molecule has 1 aliphatic heterocycles. The Labute approximate surface area is 173 Å². The number of nitro benzene ring substituents is 1. The molecule has 1 saturated heterocycles. The highest BCUT2D eigenvalue weighted by Crippen LogP contribution is 2.34. The zero-order chi connectivity index (χ0) is 18.8. The third-order valence-electron chi connectivity index (χ3n) is 5.03. The molecule has 0 saturated carbocycles. The van der Waals surface area contributed by atoms with Crippen LogP contribution in [-0.4, -0.2) is 23.8 Å². The van der Waals surface area contributed by atoms with Gasteiger partial charge in [-0.05, 0) is 18.9 Å². The summed E-state index contributed by atoms with van der Waals surface area (Å²) in [7, 11) is 0. The fraction of sp³-hybridized carbons (Fsp3) is 0.238. The average Bonchev–Trinajstić information content (AvgIpc) is 3.22. The van der Waals surface area contributed by atoms with Crippen molar-refractivity contribution in [3.05, 3.63) is 76.6 Å². The van der Waals surface area contributed by atoms with E-state index < -0.39 is 0 Å². The van der Waals surface area contributed by atoms with Crippen molar-refractivity contribution in [1.82, 2.24) is 0 Å². The van der Waals surface area contributed by atoms with Gasteiger partial charge >= 0.3 is 0 Å². The number of hydrogen-bond acceptors (Lipinski definition) is 4. The van der Waals surface area contributed by atoms with Crippen LogP contribution in [0.15, 0.2) is 60.9 Å². The number of Topliss-reactive ketones (excluding diaryl/α,β-unsaturated/α-hetero) is 1. The molecule has 6 nitrogen and oxygen atoms in total. The van der Waals surface area contributed by atoms with Gasteiger partial charge in [0.25, 0.3) is 5.69 Å². The van der Waals surface area contributed by atoms with Crippen molar-refractivity contribution in [1.29, 1.82) is 0 Å². The largest absolute Gasteiger partial charge is 1.00 e. The van der Waals surface area contributed by atoms with Gasteiger partial charge in [-0.25, -0.2) is 0 Å². The molecule has 0 unspecified atom stereocenters. The van der Waals surface area contributed by atoms with Crippen molar-refractivity contribution in [3.8, 4) is 0 Å². The molecule has 0 amide bonds. The monoisotopic (exact) mass is 441 g/mol. The van der Waals surface area contributed by atoms with E-state index in [1.54, 1.807) is 29.0 Å². The maximum atomic E-state index is 12.5. The maximum Gasteiger partial charge on any atom is 0.283 e.